The van der Waals surface area contributed by atoms with Gasteiger partial charge in [0.2, 0.25) is 23.6 Å². The van der Waals surface area contributed by atoms with E-state index in [0.717, 1.165) is 12.1 Å². The molecule has 1 aromatic heterocycles. The molecule has 0 unspecified atom stereocenters. The zero-order valence-electron chi connectivity index (χ0n) is 15.8. The smallest absolute Gasteiger partial charge is 0.416 e. The predicted octanol–water partition coefficient (Wildman–Crippen LogP) is 2.35. The van der Waals surface area contributed by atoms with Crippen LogP contribution in [0.1, 0.15) is 42.7 Å². The molecule has 0 radical (unpaired) electrons. The van der Waals surface area contributed by atoms with E-state index in [1.807, 2.05) is 6.92 Å². The monoisotopic (exact) mass is 410 g/mol. The van der Waals surface area contributed by atoms with Crippen molar-refractivity contribution in [3.05, 3.63) is 47.2 Å². The van der Waals surface area contributed by atoms with Crippen molar-refractivity contribution in [1.82, 2.24) is 20.4 Å². The summed E-state index contributed by atoms with van der Waals surface area (Å²) in [7, 11) is 0. The minimum atomic E-state index is -4.42. The maximum atomic E-state index is 12.8. The van der Waals surface area contributed by atoms with E-state index in [-0.39, 0.29) is 42.9 Å². The highest BCUT2D eigenvalue weighted by Gasteiger charge is 2.32. The third-order valence-electron chi connectivity index (χ3n) is 4.71. The summed E-state index contributed by atoms with van der Waals surface area (Å²) in [5.74, 6) is 0.0722. The molecule has 2 amide bonds. The number of hydrogen-bond donors (Lipinski definition) is 1. The molecule has 1 saturated heterocycles. The van der Waals surface area contributed by atoms with Gasteiger partial charge in [-0.25, -0.2) is 0 Å². The van der Waals surface area contributed by atoms with Gasteiger partial charge in [-0.3, -0.25) is 9.59 Å². The van der Waals surface area contributed by atoms with Crippen molar-refractivity contribution >= 4 is 11.8 Å². The maximum Gasteiger partial charge on any atom is 0.416 e. The number of nitrogens with one attached hydrogen (secondary N) is 1. The number of carbonyl (C=O) groups is 2. The fraction of sp³-hybridized carbons (Fsp3) is 0.474. The van der Waals surface area contributed by atoms with E-state index in [9.17, 15) is 22.8 Å². The number of piperazine rings is 1. The van der Waals surface area contributed by atoms with Crippen LogP contribution in [0.25, 0.3) is 0 Å². The van der Waals surface area contributed by atoms with Gasteiger partial charge in [0.25, 0.3) is 0 Å². The minimum Gasteiger partial charge on any atom is -0.425 e. The Bertz CT molecular complexity index is 882. The van der Waals surface area contributed by atoms with Crippen LogP contribution in [0, 0.1) is 0 Å². The topological polar surface area (TPSA) is 88.3 Å². The number of hydrogen-bond acceptors (Lipinski definition) is 5. The molecule has 2 aromatic rings. The lowest BCUT2D eigenvalue weighted by Crippen LogP contribution is -2.56. The lowest BCUT2D eigenvalue weighted by molar-refractivity contribution is -0.143. The Morgan fingerprint density at radius 1 is 1.31 bits per heavy atom. The molecule has 10 heteroatoms. The Labute approximate surface area is 165 Å². The van der Waals surface area contributed by atoms with E-state index >= 15 is 0 Å². The molecule has 2 heterocycles. The van der Waals surface area contributed by atoms with E-state index in [1.54, 1.807) is 11.0 Å². The van der Waals surface area contributed by atoms with Gasteiger partial charge in [0.1, 0.15) is 6.04 Å². The summed E-state index contributed by atoms with van der Waals surface area (Å²) in [6.45, 7) is 2.71. The SMILES string of the molecule is CC[C@@H]1C(=O)NCCN1C(=O)CCc1nnc(Cc2cccc(C(F)(F)F)c2)o1. The number of alkyl halides is 3. The van der Waals surface area contributed by atoms with Crippen molar-refractivity contribution in [3.8, 4) is 0 Å². The van der Waals surface area contributed by atoms with Crippen LogP contribution < -0.4 is 5.32 Å². The highest BCUT2D eigenvalue weighted by atomic mass is 19.4. The Balaban J connectivity index is 1.58. The molecule has 1 atom stereocenters. The zero-order chi connectivity index (χ0) is 21.0. The molecule has 3 rings (SSSR count). The fourth-order valence-corrected chi connectivity index (χ4v) is 3.27. The van der Waals surface area contributed by atoms with Crippen LogP contribution in [0.15, 0.2) is 28.7 Å². The average molecular weight is 410 g/mol. The molecular weight excluding hydrogens is 389 g/mol. The minimum absolute atomic E-state index is 0.0646. The molecule has 1 aromatic carbocycles. The fourth-order valence-electron chi connectivity index (χ4n) is 3.27. The van der Waals surface area contributed by atoms with Crippen LogP contribution in [-0.4, -0.2) is 46.0 Å². The van der Waals surface area contributed by atoms with Gasteiger partial charge in [-0.1, -0.05) is 25.1 Å². The van der Waals surface area contributed by atoms with Crippen molar-refractivity contribution < 1.29 is 27.2 Å². The summed E-state index contributed by atoms with van der Waals surface area (Å²) >= 11 is 0. The maximum absolute atomic E-state index is 12.8. The van der Waals surface area contributed by atoms with Crippen molar-refractivity contribution in [3.63, 3.8) is 0 Å². The normalized spacial score (nSPS) is 17.3. The van der Waals surface area contributed by atoms with Gasteiger partial charge in [0.15, 0.2) is 0 Å². The molecule has 0 saturated carbocycles. The Morgan fingerprint density at radius 3 is 2.79 bits per heavy atom. The molecule has 1 aliphatic heterocycles. The molecule has 156 valence electrons. The van der Waals surface area contributed by atoms with Gasteiger partial charge < -0.3 is 14.6 Å². The number of amides is 2. The van der Waals surface area contributed by atoms with Gasteiger partial charge in [-0.15, -0.1) is 10.2 Å². The van der Waals surface area contributed by atoms with E-state index < -0.39 is 17.8 Å². The van der Waals surface area contributed by atoms with Crippen molar-refractivity contribution in [2.75, 3.05) is 13.1 Å². The predicted molar refractivity (Wildman–Crippen MR) is 95.7 cm³/mol. The number of carbonyl (C=O) groups excluding carboxylic acids is 2. The largest absolute Gasteiger partial charge is 0.425 e. The number of rotatable bonds is 6. The van der Waals surface area contributed by atoms with Crippen molar-refractivity contribution in [2.45, 2.75) is 44.8 Å². The highest BCUT2D eigenvalue weighted by Crippen LogP contribution is 2.29. The summed E-state index contributed by atoms with van der Waals surface area (Å²) in [5, 5.41) is 10.5. The second-order valence-corrected chi connectivity index (χ2v) is 6.77. The summed E-state index contributed by atoms with van der Waals surface area (Å²) in [6, 6.07) is 4.44. The molecule has 0 bridgehead atoms. The summed E-state index contributed by atoms with van der Waals surface area (Å²) in [5.41, 5.74) is -0.340. The van der Waals surface area contributed by atoms with Gasteiger partial charge in [-0.2, -0.15) is 13.2 Å². The van der Waals surface area contributed by atoms with E-state index in [2.05, 4.69) is 15.5 Å². The van der Waals surface area contributed by atoms with Crippen molar-refractivity contribution in [2.24, 2.45) is 0 Å². The summed E-state index contributed by atoms with van der Waals surface area (Å²) < 4.78 is 43.9. The Kier molecular flexibility index (Phi) is 6.19. The van der Waals surface area contributed by atoms with Gasteiger partial charge in [0, 0.05) is 25.9 Å². The third-order valence-corrected chi connectivity index (χ3v) is 4.71. The van der Waals surface area contributed by atoms with Crippen LogP contribution in [0.3, 0.4) is 0 Å². The summed E-state index contributed by atoms with van der Waals surface area (Å²) in [6.07, 6.45) is -3.52. The third kappa shape index (κ3) is 5.12. The Morgan fingerprint density at radius 2 is 2.07 bits per heavy atom. The van der Waals surface area contributed by atoms with Gasteiger partial charge in [0.05, 0.1) is 12.0 Å². The first kappa shape index (κ1) is 20.8. The van der Waals surface area contributed by atoms with E-state index in [4.69, 9.17) is 4.42 Å². The van der Waals surface area contributed by atoms with E-state index in [1.165, 1.54) is 6.07 Å². The van der Waals surface area contributed by atoms with Gasteiger partial charge >= 0.3 is 6.18 Å². The first-order chi connectivity index (χ1) is 13.8. The zero-order valence-corrected chi connectivity index (χ0v) is 15.8. The van der Waals surface area contributed by atoms with Crippen LogP contribution >= 0.6 is 0 Å². The average Bonchev–Trinajstić information content (AvgIpc) is 3.12. The quantitative estimate of drug-likeness (QED) is 0.790. The molecule has 1 N–H and O–H groups in total. The van der Waals surface area contributed by atoms with Crippen LogP contribution in [0.4, 0.5) is 13.2 Å². The molecule has 0 spiro atoms. The number of aryl methyl sites for hydroxylation is 1. The first-order valence-corrected chi connectivity index (χ1v) is 9.32. The molecular formula is C19H21F3N4O3. The van der Waals surface area contributed by atoms with Gasteiger partial charge in [-0.05, 0) is 18.1 Å². The molecule has 29 heavy (non-hydrogen) atoms. The van der Waals surface area contributed by atoms with Crippen LogP contribution in [-0.2, 0) is 28.6 Å². The van der Waals surface area contributed by atoms with Crippen LogP contribution in [0.2, 0.25) is 0 Å². The number of benzene rings is 1. The second kappa shape index (κ2) is 8.62. The molecule has 1 fully saturated rings. The molecule has 0 aliphatic carbocycles. The highest BCUT2D eigenvalue weighted by molar-refractivity contribution is 5.88. The van der Waals surface area contributed by atoms with Crippen molar-refractivity contribution in [1.29, 1.82) is 0 Å². The molecule has 7 nitrogen and oxygen atoms in total. The second-order valence-electron chi connectivity index (χ2n) is 6.77. The first-order valence-electron chi connectivity index (χ1n) is 9.32. The lowest BCUT2D eigenvalue weighted by atomic mass is 10.1. The number of aromatic nitrogens is 2. The standard InChI is InChI=1S/C19H21F3N4O3/c1-2-14-18(28)23-8-9-26(14)17(27)7-6-15-24-25-16(29-15)11-12-4-3-5-13(10-12)19(20,21)22/h3-5,10,14H,2,6-9,11H2,1H3,(H,23,28)/t14-/m1/s1. The summed E-state index contributed by atoms with van der Waals surface area (Å²) in [4.78, 5) is 25.9. The number of halogens is 3. The van der Waals surface area contributed by atoms with E-state index in [0.29, 0.717) is 25.1 Å². The lowest BCUT2D eigenvalue weighted by Gasteiger charge is -2.34. The molecule has 1 aliphatic rings. The number of nitrogens with zero attached hydrogens (tertiary/aromatic N) is 3. The van der Waals surface area contributed by atoms with Crippen LogP contribution in [0.5, 0.6) is 0 Å². The Hall–Kier alpha value is -2.91.